The molecular weight excluding hydrogens is 288 g/mol. The molecule has 0 aliphatic rings. The highest BCUT2D eigenvalue weighted by Gasteiger charge is 2.25. The molecule has 2 amide bonds. The first kappa shape index (κ1) is 17.5. The monoisotopic (exact) mass is 312 g/mol. The molecule has 0 saturated heterocycles. The number of carbonyl (C=O) groups excluding carboxylic acids is 1. The van der Waals surface area contributed by atoms with E-state index >= 15 is 0 Å². The second-order valence-corrected chi connectivity index (χ2v) is 7.37. The topological polar surface area (TPSA) is 78.4 Å². The number of aliphatic carboxylic acids is 1. The molecule has 1 heterocycles. The number of carboxylic acid groups (broad SMARTS) is 1. The largest absolute Gasteiger partial charge is 0.481 e. The summed E-state index contributed by atoms with van der Waals surface area (Å²) in [5.41, 5.74) is -0.0918. The molecule has 3 N–H and O–H groups in total. The summed E-state index contributed by atoms with van der Waals surface area (Å²) in [7, 11) is 0. The van der Waals surface area contributed by atoms with E-state index in [1.54, 1.807) is 11.3 Å². The molecule has 0 aromatic carbocycles. The Kier molecular flexibility index (Phi) is 6.20. The van der Waals surface area contributed by atoms with Crippen LogP contribution in [0.15, 0.2) is 17.5 Å². The predicted octanol–water partition coefficient (Wildman–Crippen LogP) is 3.25. The van der Waals surface area contributed by atoms with Gasteiger partial charge in [-0.25, -0.2) is 4.79 Å². The minimum Gasteiger partial charge on any atom is -0.481 e. The summed E-state index contributed by atoms with van der Waals surface area (Å²) < 4.78 is 0. The van der Waals surface area contributed by atoms with Gasteiger partial charge in [-0.15, -0.1) is 11.3 Å². The molecule has 1 rings (SSSR count). The number of carboxylic acids is 1. The maximum absolute atomic E-state index is 11.8. The van der Waals surface area contributed by atoms with Crippen molar-refractivity contribution in [3.05, 3.63) is 22.4 Å². The van der Waals surface area contributed by atoms with Crippen LogP contribution < -0.4 is 10.6 Å². The molecule has 1 aromatic heterocycles. The second-order valence-electron chi connectivity index (χ2n) is 6.39. The number of hydrogen-bond acceptors (Lipinski definition) is 3. The van der Waals surface area contributed by atoms with E-state index in [0.29, 0.717) is 6.42 Å². The van der Waals surface area contributed by atoms with Gasteiger partial charge in [-0.05, 0) is 30.2 Å². The van der Waals surface area contributed by atoms with Crippen LogP contribution in [0.25, 0.3) is 0 Å². The third-order valence-corrected chi connectivity index (χ3v) is 4.09. The standard InChI is InChI=1S/C15H24N2O3S/c1-10(12-6-5-7-21-12)17-14(20)16-9-11(13(18)19)8-15(2,3)4/h5-7,10-11H,8-9H2,1-4H3,(H,18,19)(H2,16,17,20). The van der Waals surface area contributed by atoms with Gasteiger partial charge in [0.2, 0.25) is 0 Å². The Morgan fingerprint density at radius 3 is 2.52 bits per heavy atom. The van der Waals surface area contributed by atoms with Gasteiger partial charge in [-0.1, -0.05) is 26.8 Å². The smallest absolute Gasteiger partial charge is 0.315 e. The van der Waals surface area contributed by atoms with Gasteiger partial charge in [-0.2, -0.15) is 0 Å². The molecule has 5 nitrogen and oxygen atoms in total. The van der Waals surface area contributed by atoms with Crippen LogP contribution in [-0.4, -0.2) is 23.7 Å². The third-order valence-electron chi connectivity index (χ3n) is 3.03. The van der Waals surface area contributed by atoms with Crippen molar-refractivity contribution in [2.45, 2.75) is 40.2 Å². The van der Waals surface area contributed by atoms with E-state index in [1.807, 2.05) is 45.2 Å². The van der Waals surface area contributed by atoms with Crippen LogP contribution in [-0.2, 0) is 4.79 Å². The van der Waals surface area contributed by atoms with Crippen LogP contribution >= 0.6 is 11.3 Å². The van der Waals surface area contributed by atoms with Gasteiger partial charge in [0, 0.05) is 11.4 Å². The van der Waals surface area contributed by atoms with Gasteiger partial charge in [-0.3, -0.25) is 4.79 Å². The van der Waals surface area contributed by atoms with Gasteiger partial charge in [0.1, 0.15) is 0 Å². The molecule has 118 valence electrons. The van der Waals surface area contributed by atoms with E-state index in [9.17, 15) is 14.7 Å². The van der Waals surface area contributed by atoms with Gasteiger partial charge in [0.15, 0.2) is 0 Å². The summed E-state index contributed by atoms with van der Waals surface area (Å²) >= 11 is 1.57. The Bertz CT molecular complexity index is 466. The van der Waals surface area contributed by atoms with Gasteiger partial charge in [0.25, 0.3) is 0 Å². The lowest BCUT2D eigenvalue weighted by Crippen LogP contribution is -2.41. The van der Waals surface area contributed by atoms with Crippen molar-refractivity contribution in [3.63, 3.8) is 0 Å². The molecule has 0 aliphatic carbocycles. The highest BCUT2D eigenvalue weighted by Crippen LogP contribution is 2.24. The van der Waals surface area contributed by atoms with Crippen LogP contribution in [0, 0.1) is 11.3 Å². The number of hydrogen-bond donors (Lipinski definition) is 3. The van der Waals surface area contributed by atoms with Gasteiger partial charge in [0.05, 0.1) is 12.0 Å². The molecule has 6 heteroatoms. The zero-order chi connectivity index (χ0) is 16.0. The fourth-order valence-corrected chi connectivity index (χ4v) is 2.79. The van der Waals surface area contributed by atoms with Gasteiger partial charge < -0.3 is 15.7 Å². The van der Waals surface area contributed by atoms with Crippen molar-refractivity contribution in [2.24, 2.45) is 11.3 Å². The number of urea groups is 1. The normalized spacial score (nSPS) is 14.3. The van der Waals surface area contributed by atoms with Crippen molar-refractivity contribution in [3.8, 4) is 0 Å². The molecule has 21 heavy (non-hydrogen) atoms. The number of carbonyl (C=O) groups is 2. The van der Waals surface area contributed by atoms with E-state index in [0.717, 1.165) is 4.88 Å². The quantitative estimate of drug-likeness (QED) is 0.754. The second kappa shape index (κ2) is 7.45. The SMILES string of the molecule is CC(NC(=O)NCC(CC(C)(C)C)C(=O)O)c1cccs1. The third kappa shape index (κ3) is 6.62. The maximum atomic E-state index is 11.8. The summed E-state index contributed by atoms with van der Waals surface area (Å²) in [5.74, 6) is -1.45. The van der Waals surface area contributed by atoms with Crippen LogP contribution in [0.2, 0.25) is 0 Å². The molecular formula is C15H24N2O3S. The zero-order valence-electron chi connectivity index (χ0n) is 13.0. The van der Waals surface area contributed by atoms with Crippen LogP contribution in [0.4, 0.5) is 4.79 Å². The average molecular weight is 312 g/mol. The first-order chi connectivity index (χ1) is 9.69. The Labute approximate surface area is 129 Å². The van der Waals surface area contributed by atoms with Crippen molar-refractivity contribution in [2.75, 3.05) is 6.54 Å². The van der Waals surface area contributed by atoms with E-state index in [4.69, 9.17) is 0 Å². The summed E-state index contributed by atoms with van der Waals surface area (Å²) in [5, 5.41) is 16.6. The number of thiophene rings is 1. The van der Waals surface area contributed by atoms with Crippen molar-refractivity contribution >= 4 is 23.3 Å². The Morgan fingerprint density at radius 2 is 2.05 bits per heavy atom. The van der Waals surface area contributed by atoms with Crippen LogP contribution in [0.1, 0.15) is 45.0 Å². The summed E-state index contributed by atoms with van der Waals surface area (Å²) in [6, 6.07) is 3.46. The minimum absolute atomic E-state index is 0.0871. The first-order valence-electron chi connectivity index (χ1n) is 6.99. The Morgan fingerprint density at radius 1 is 1.38 bits per heavy atom. The highest BCUT2D eigenvalue weighted by molar-refractivity contribution is 7.10. The van der Waals surface area contributed by atoms with Crippen LogP contribution in [0.5, 0.6) is 0 Å². The molecule has 0 fully saturated rings. The molecule has 1 aromatic rings. The van der Waals surface area contributed by atoms with Crippen LogP contribution in [0.3, 0.4) is 0 Å². The van der Waals surface area contributed by atoms with E-state index in [1.165, 1.54) is 0 Å². The maximum Gasteiger partial charge on any atom is 0.315 e. The summed E-state index contributed by atoms with van der Waals surface area (Å²) in [6.45, 7) is 8.00. The molecule has 2 atom stereocenters. The number of amides is 2. The number of rotatable bonds is 6. The Balaban J connectivity index is 2.45. The summed E-state index contributed by atoms with van der Waals surface area (Å²) in [6.07, 6.45) is 0.517. The lowest BCUT2D eigenvalue weighted by molar-refractivity contribution is -0.142. The molecule has 0 spiro atoms. The zero-order valence-corrected chi connectivity index (χ0v) is 13.8. The first-order valence-corrected chi connectivity index (χ1v) is 7.87. The lowest BCUT2D eigenvalue weighted by atomic mass is 9.84. The van der Waals surface area contributed by atoms with Crippen molar-refractivity contribution in [1.82, 2.24) is 10.6 Å². The molecule has 0 saturated carbocycles. The molecule has 0 aliphatic heterocycles. The molecule has 0 bridgehead atoms. The predicted molar refractivity (Wildman–Crippen MR) is 84.5 cm³/mol. The molecule has 0 radical (unpaired) electrons. The average Bonchev–Trinajstić information content (AvgIpc) is 2.86. The van der Waals surface area contributed by atoms with E-state index in [2.05, 4.69) is 10.6 Å². The highest BCUT2D eigenvalue weighted by atomic mass is 32.1. The molecule has 2 unspecified atom stereocenters. The fraction of sp³-hybridized carbons (Fsp3) is 0.600. The summed E-state index contributed by atoms with van der Waals surface area (Å²) in [4.78, 5) is 24.1. The Hall–Kier alpha value is -1.56. The van der Waals surface area contributed by atoms with E-state index in [-0.39, 0.29) is 24.0 Å². The van der Waals surface area contributed by atoms with Crippen molar-refractivity contribution in [1.29, 1.82) is 0 Å². The minimum atomic E-state index is -0.878. The fourth-order valence-electron chi connectivity index (χ4n) is 2.06. The lowest BCUT2D eigenvalue weighted by Gasteiger charge is -2.23. The van der Waals surface area contributed by atoms with Crippen molar-refractivity contribution < 1.29 is 14.7 Å². The van der Waals surface area contributed by atoms with E-state index < -0.39 is 11.9 Å². The van der Waals surface area contributed by atoms with Gasteiger partial charge >= 0.3 is 12.0 Å². The number of nitrogens with one attached hydrogen (secondary N) is 2.